The van der Waals surface area contributed by atoms with Gasteiger partial charge in [-0.2, -0.15) is 0 Å². The number of benzene rings is 2. The van der Waals surface area contributed by atoms with Crippen LogP contribution in [0.4, 0.5) is 0 Å². The van der Waals surface area contributed by atoms with E-state index in [-0.39, 0.29) is 16.2 Å². The molecule has 0 aliphatic heterocycles. The van der Waals surface area contributed by atoms with Crippen LogP contribution < -0.4 is 0 Å². The van der Waals surface area contributed by atoms with Crippen LogP contribution in [0.15, 0.2) is 58.3 Å². The number of hydrogen-bond donors (Lipinski definition) is 1. The second-order valence-corrected chi connectivity index (χ2v) is 7.45. The quantitative estimate of drug-likeness (QED) is 0.816. The van der Waals surface area contributed by atoms with Crippen molar-refractivity contribution in [3.05, 3.63) is 59.7 Å². The van der Waals surface area contributed by atoms with E-state index in [0.717, 1.165) is 4.90 Å². The number of aromatic carboxylic acids is 1. The van der Waals surface area contributed by atoms with Crippen LogP contribution in [0.25, 0.3) is 0 Å². The van der Waals surface area contributed by atoms with Crippen LogP contribution >= 0.6 is 12.0 Å². The largest absolute Gasteiger partial charge is 0.478 e. The van der Waals surface area contributed by atoms with Crippen LogP contribution in [0.5, 0.6) is 0 Å². The van der Waals surface area contributed by atoms with Crippen LogP contribution in [-0.2, 0) is 19.8 Å². The Kier molecular flexibility index (Phi) is 5.23. The first-order valence-corrected chi connectivity index (χ1v) is 8.67. The summed E-state index contributed by atoms with van der Waals surface area (Å²) in [5, 5.41) is 8.94. The Bertz CT molecular complexity index is 767. The van der Waals surface area contributed by atoms with Crippen LogP contribution in [0, 0.1) is 0 Å². The lowest BCUT2D eigenvalue weighted by Crippen LogP contribution is -2.06. The van der Waals surface area contributed by atoms with Gasteiger partial charge in [0.15, 0.2) is 9.84 Å². The SMILES string of the molecule is COSc1ccc(CS(=O)(=O)c2cccc(C(=O)O)c2)cc1. The summed E-state index contributed by atoms with van der Waals surface area (Å²) in [6.07, 6.45) is 0. The van der Waals surface area contributed by atoms with Crippen molar-refractivity contribution in [3.63, 3.8) is 0 Å². The highest BCUT2D eigenvalue weighted by Crippen LogP contribution is 2.21. The number of hydrogen-bond acceptors (Lipinski definition) is 5. The molecule has 7 heteroatoms. The average Bonchev–Trinajstić information content (AvgIpc) is 2.49. The molecule has 0 aliphatic rings. The summed E-state index contributed by atoms with van der Waals surface area (Å²) in [7, 11) is -2.04. The molecule has 0 saturated carbocycles. The molecule has 116 valence electrons. The van der Waals surface area contributed by atoms with E-state index in [4.69, 9.17) is 9.29 Å². The first-order valence-electron chi connectivity index (χ1n) is 6.28. The standard InChI is InChI=1S/C15H14O5S2/c1-20-21-13-7-5-11(6-8-13)10-22(18,19)14-4-2-3-12(9-14)15(16)17/h2-9H,10H2,1H3,(H,16,17). The molecule has 2 aromatic carbocycles. The smallest absolute Gasteiger partial charge is 0.335 e. The van der Waals surface area contributed by atoms with Crippen molar-refractivity contribution in [3.8, 4) is 0 Å². The Balaban J connectivity index is 2.23. The highest BCUT2D eigenvalue weighted by molar-refractivity contribution is 7.94. The van der Waals surface area contributed by atoms with Gasteiger partial charge in [0.05, 0.1) is 23.3 Å². The van der Waals surface area contributed by atoms with Gasteiger partial charge in [0.2, 0.25) is 0 Å². The average molecular weight is 338 g/mol. The van der Waals surface area contributed by atoms with Crippen LogP contribution in [0.1, 0.15) is 15.9 Å². The van der Waals surface area contributed by atoms with E-state index in [1.165, 1.54) is 36.3 Å². The minimum atomic E-state index is -3.60. The Morgan fingerprint density at radius 3 is 2.45 bits per heavy atom. The van der Waals surface area contributed by atoms with Gasteiger partial charge in [-0.3, -0.25) is 0 Å². The molecule has 0 saturated heterocycles. The Hall–Kier alpha value is -1.83. The molecule has 0 fully saturated rings. The molecule has 2 rings (SSSR count). The number of carboxylic acid groups (broad SMARTS) is 1. The Labute approximate surface area is 133 Å². The van der Waals surface area contributed by atoms with Gasteiger partial charge in [-0.05, 0) is 35.9 Å². The number of rotatable bonds is 6. The first-order chi connectivity index (χ1) is 10.4. The van der Waals surface area contributed by atoms with Crippen LogP contribution in [0.3, 0.4) is 0 Å². The summed E-state index contributed by atoms with van der Waals surface area (Å²) in [5.74, 6) is -1.34. The third-order valence-corrected chi connectivity index (χ3v) is 5.22. The number of carbonyl (C=O) groups is 1. The third kappa shape index (κ3) is 4.09. The number of sulfone groups is 1. The lowest BCUT2D eigenvalue weighted by Gasteiger charge is -2.06. The predicted octanol–water partition coefficient (Wildman–Crippen LogP) is 3.01. The Morgan fingerprint density at radius 1 is 1.18 bits per heavy atom. The van der Waals surface area contributed by atoms with Crippen molar-refractivity contribution < 1.29 is 22.5 Å². The van der Waals surface area contributed by atoms with E-state index in [1.54, 1.807) is 31.4 Å². The van der Waals surface area contributed by atoms with Gasteiger partial charge < -0.3 is 9.29 Å². The molecule has 0 aromatic heterocycles. The third-order valence-electron chi connectivity index (χ3n) is 2.90. The van der Waals surface area contributed by atoms with Gasteiger partial charge >= 0.3 is 5.97 Å². The molecule has 0 atom stereocenters. The summed E-state index contributed by atoms with van der Waals surface area (Å²) in [5.41, 5.74) is 0.578. The normalized spacial score (nSPS) is 11.3. The van der Waals surface area contributed by atoms with E-state index in [1.807, 2.05) is 0 Å². The topological polar surface area (TPSA) is 80.7 Å². The minimum Gasteiger partial charge on any atom is -0.478 e. The van der Waals surface area contributed by atoms with Crippen molar-refractivity contribution in [2.24, 2.45) is 0 Å². The van der Waals surface area contributed by atoms with Gasteiger partial charge in [0, 0.05) is 16.9 Å². The molecule has 0 heterocycles. The molecule has 0 bridgehead atoms. The second kappa shape index (κ2) is 6.95. The van der Waals surface area contributed by atoms with Crippen molar-refractivity contribution >= 4 is 27.8 Å². The fourth-order valence-electron chi connectivity index (χ4n) is 1.86. The fourth-order valence-corrected chi connectivity index (χ4v) is 3.69. The lowest BCUT2D eigenvalue weighted by molar-refractivity contribution is 0.0696. The molecule has 0 aliphatic carbocycles. The minimum absolute atomic E-state index is 0.00254. The maximum Gasteiger partial charge on any atom is 0.335 e. The molecular formula is C15H14O5S2. The van der Waals surface area contributed by atoms with Crippen molar-refractivity contribution in [2.75, 3.05) is 7.11 Å². The maximum atomic E-state index is 12.4. The van der Waals surface area contributed by atoms with Gasteiger partial charge in [-0.15, -0.1) is 0 Å². The van der Waals surface area contributed by atoms with E-state index < -0.39 is 15.8 Å². The van der Waals surface area contributed by atoms with E-state index in [9.17, 15) is 13.2 Å². The van der Waals surface area contributed by atoms with E-state index in [0.29, 0.717) is 5.56 Å². The molecular weight excluding hydrogens is 324 g/mol. The first kappa shape index (κ1) is 16.5. The molecule has 0 radical (unpaired) electrons. The molecule has 2 aromatic rings. The zero-order valence-electron chi connectivity index (χ0n) is 11.7. The van der Waals surface area contributed by atoms with Crippen molar-refractivity contribution in [1.29, 1.82) is 0 Å². The molecule has 22 heavy (non-hydrogen) atoms. The summed E-state index contributed by atoms with van der Waals surface area (Å²) < 4.78 is 29.6. The highest BCUT2D eigenvalue weighted by atomic mass is 32.2. The van der Waals surface area contributed by atoms with Gasteiger partial charge in [0.25, 0.3) is 0 Å². The Morgan fingerprint density at radius 2 is 1.86 bits per heavy atom. The fraction of sp³-hybridized carbons (Fsp3) is 0.133. The molecule has 1 N–H and O–H groups in total. The van der Waals surface area contributed by atoms with E-state index in [2.05, 4.69) is 0 Å². The zero-order valence-corrected chi connectivity index (χ0v) is 13.4. The summed E-state index contributed by atoms with van der Waals surface area (Å²) >= 11 is 1.19. The van der Waals surface area contributed by atoms with Gasteiger partial charge in [-0.1, -0.05) is 18.2 Å². The monoisotopic (exact) mass is 338 g/mol. The van der Waals surface area contributed by atoms with Crippen LogP contribution in [-0.4, -0.2) is 26.6 Å². The van der Waals surface area contributed by atoms with Gasteiger partial charge in [0.1, 0.15) is 0 Å². The zero-order chi connectivity index (χ0) is 16.2. The van der Waals surface area contributed by atoms with E-state index >= 15 is 0 Å². The summed E-state index contributed by atoms with van der Waals surface area (Å²) in [6, 6.07) is 12.3. The van der Waals surface area contributed by atoms with Gasteiger partial charge in [-0.25, -0.2) is 13.2 Å². The van der Waals surface area contributed by atoms with Crippen LogP contribution in [0.2, 0.25) is 0 Å². The van der Waals surface area contributed by atoms with Crippen molar-refractivity contribution in [2.45, 2.75) is 15.5 Å². The molecule has 5 nitrogen and oxygen atoms in total. The predicted molar refractivity (Wildman–Crippen MR) is 83.6 cm³/mol. The lowest BCUT2D eigenvalue weighted by atomic mass is 10.2. The molecule has 0 spiro atoms. The maximum absolute atomic E-state index is 12.4. The van der Waals surface area contributed by atoms with Crippen molar-refractivity contribution in [1.82, 2.24) is 0 Å². The number of carboxylic acids is 1. The summed E-state index contributed by atoms with van der Waals surface area (Å²) in [4.78, 5) is 11.8. The summed E-state index contributed by atoms with van der Waals surface area (Å²) in [6.45, 7) is 0. The molecule has 0 unspecified atom stereocenters. The molecule has 0 amide bonds. The highest BCUT2D eigenvalue weighted by Gasteiger charge is 2.17. The second-order valence-electron chi connectivity index (χ2n) is 4.49.